The molecule has 11 heavy (non-hydrogen) atoms. The Labute approximate surface area is 67.3 Å². The molecule has 0 aromatic rings. The second-order valence-electron chi connectivity index (χ2n) is 2.26. The van der Waals surface area contributed by atoms with Gasteiger partial charge < -0.3 is 4.74 Å². The number of methoxy groups -OCH3 is 1. The molecule has 0 aromatic heterocycles. The summed E-state index contributed by atoms with van der Waals surface area (Å²) < 4.78 is 25.8. The molecule has 3 nitrogen and oxygen atoms in total. The summed E-state index contributed by atoms with van der Waals surface area (Å²) in [5, 5.41) is 0. The highest BCUT2D eigenvalue weighted by atomic mass is 32.2. The molecule has 4 heteroatoms. The predicted molar refractivity (Wildman–Crippen MR) is 43.0 cm³/mol. The smallest absolute Gasteiger partial charge is 0.167 e. The molecule has 0 saturated heterocycles. The highest BCUT2D eigenvalue weighted by Gasteiger charge is 2.07. The zero-order chi connectivity index (χ0) is 8.27. The lowest BCUT2D eigenvalue weighted by Crippen LogP contribution is -2.08. The first kappa shape index (κ1) is 8.49. The minimum Gasteiger partial charge on any atom is -0.377 e. The summed E-state index contributed by atoms with van der Waals surface area (Å²) in [5.74, 6) is 0. The van der Waals surface area contributed by atoms with Crippen molar-refractivity contribution in [2.45, 2.75) is 12.5 Å². The van der Waals surface area contributed by atoms with Gasteiger partial charge in [0.15, 0.2) is 10.7 Å². The monoisotopic (exact) mass is 174 g/mol. The number of ether oxygens (including phenoxy) is 1. The van der Waals surface area contributed by atoms with Crippen LogP contribution < -0.4 is 0 Å². The molecule has 0 aromatic carbocycles. The molecule has 1 aliphatic carbocycles. The van der Waals surface area contributed by atoms with Crippen LogP contribution >= 0.6 is 0 Å². The average Bonchev–Trinajstić information content (AvgIpc) is 2.05. The Bertz CT molecular complexity index is 255. The van der Waals surface area contributed by atoms with Gasteiger partial charge in [0.25, 0.3) is 0 Å². The molecule has 0 aliphatic heterocycles. The van der Waals surface area contributed by atoms with Crippen molar-refractivity contribution in [3.05, 3.63) is 23.1 Å². The van der Waals surface area contributed by atoms with E-state index >= 15 is 0 Å². The third-order valence-corrected chi connectivity index (χ3v) is 2.31. The molecular weight excluding hydrogens is 164 g/mol. The van der Waals surface area contributed by atoms with Gasteiger partial charge in [-0.3, -0.25) is 0 Å². The molecule has 0 radical (unpaired) electrons. The van der Waals surface area contributed by atoms with Crippen LogP contribution in [-0.2, 0) is 15.4 Å². The largest absolute Gasteiger partial charge is 0.377 e. The quantitative estimate of drug-likeness (QED) is 0.618. The van der Waals surface area contributed by atoms with Gasteiger partial charge in [0, 0.05) is 7.11 Å². The van der Waals surface area contributed by atoms with Crippen LogP contribution in [-0.4, -0.2) is 21.6 Å². The number of rotatable bonds is 2. The van der Waals surface area contributed by atoms with Crippen molar-refractivity contribution in [1.29, 1.82) is 0 Å². The van der Waals surface area contributed by atoms with Crippen molar-refractivity contribution in [3.8, 4) is 0 Å². The minimum atomic E-state index is -2.42. The predicted octanol–water partition coefficient (Wildman–Crippen LogP) is 0.457. The summed E-state index contributed by atoms with van der Waals surface area (Å²) in [6.07, 6.45) is 5.67. The van der Waals surface area contributed by atoms with E-state index in [1.807, 2.05) is 0 Å². The van der Waals surface area contributed by atoms with E-state index in [9.17, 15) is 8.42 Å². The van der Waals surface area contributed by atoms with Gasteiger partial charge in [-0.05, 0) is 12.5 Å². The van der Waals surface area contributed by atoms with E-state index in [1.165, 1.54) is 0 Å². The molecule has 0 saturated carbocycles. The second-order valence-corrected chi connectivity index (χ2v) is 3.29. The Morgan fingerprint density at radius 1 is 1.64 bits per heavy atom. The van der Waals surface area contributed by atoms with Crippen LogP contribution in [0.2, 0.25) is 0 Å². The normalized spacial score (nSPS) is 23.8. The van der Waals surface area contributed by atoms with Gasteiger partial charge in [-0.2, -0.15) is 0 Å². The molecule has 1 atom stereocenters. The zero-order valence-electron chi connectivity index (χ0n) is 6.19. The maximum atomic E-state index is 10.4. The molecule has 1 aliphatic rings. The summed E-state index contributed by atoms with van der Waals surface area (Å²) in [6.45, 7) is 0. The SMILES string of the molecule is COC1C=CC([SH](=O)=O)=CC1. The van der Waals surface area contributed by atoms with E-state index in [1.54, 1.807) is 25.3 Å². The third-order valence-electron chi connectivity index (χ3n) is 1.55. The number of thiol groups is 1. The molecular formula is C7H10O3S. The molecule has 1 rings (SSSR count). The molecule has 1 unspecified atom stereocenters. The fourth-order valence-corrected chi connectivity index (χ4v) is 1.36. The number of hydrogen-bond donors (Lipinski definition) is 1. The zero-order valence-corrected chi connectivity index (χ0v) is 7.08. The van der Waals surface area contributed by atoms with E-state index in [-0.39, 0.29) is 6.10 Å². The highest BCUT2D eigenvalue weighted by molar-refractivity contribution is 7.77. The van der Waals surface area contributed by atoms with Crippen molar-refractivity contribution in [2.75, 3.05) is 7.11 Å². The second kappa shape index (κ2) is 3.69. The van der Waals surface area contributed by atoms with Crippen LogP contribution in [0.4, 0.5) is 0 Å². The first-order valence-corrected chi connectivity index (χ1v) is 4.47. The van der Waals surface area contributed by atoms with Gasteiger partial charge in [-0.15, -0.1) is 0 Å². The fourth-order valence-electron chi connectivity index (χ4n) is 0.900. The Morgan fingerprint density at radius 3 is 2.73 bits per heavy atom. The number of hydrogen-bond acceptors (Lipinski definition) is 3. The van der Waals surface area contributed by atoms with E-state index in [2.05, 4.69) is 0 Å². The Kier molecular flexibility index (Phi) is 2.84. The lowest BCUT2D eigenvalue weighted by molar-refractivity contribution is 0.142. The molecule has 0 N–H and O–H groups in total. The Balaban J connectivity index is 2.67. The van der Waals surface area contributed by atoms with Crippen molar-refractivity contribution >= 4 is 10.7 Å². The topological polar surface area (TPSA) is 43.4 Å². The first-order valence-electron chi connectivity index (χ1n) is 3.29. The first-order chi connectivity index (χ1) is 5.24. The van der Waals surface area contributed by atoms with Gasteiger partial charge in [-0.25, -0.2) is 8.42 Å². The Hall–Kier alpha value is -0.610. The summed E-state index contributed by atoms with van der Waals surface area (Å²) in [5.41, 5.74) is 0. The summed E-state index contributed by atoms with van der Waals surface area (Å²) in [7, 11) is -0.822. The molecule has 0 heterocycles. The fraction of sp³-hybridized carbons (Fsp3) is 0.429. The van der Waals surface area contributed by atoms with Crippen molar-refractivity contribution in [1.82, 2.24) is 0 Å². The summed E-state index contributed by atoms with van der Waals surface area (Å²) in [6, 6.07) is 0. The third kappa shape index (κ3) is 2.17. The van der Waals surface area contributed by atoms with Crippen LogP contribution in [0, 0.1) is 0 Å². The van der Waals surface area contributed by atoms with Crippen LogP contribution in [0.1, 0.15) is 6.42 Å². The van der Waals surface area contributed by atoms with E-state index < -0.39 is 10.7 Å². The maximum Gasteiger partial charge on any atom is 0.167 e. The highest BCUT2D eigenvalue weighted by Crippen LogP contribution is 2.12. The molecule has 0 spiro atoms. The van der Waals surface area contributed by atoms with Gasteiger partial charge in [0.2, 0.25) is 0 Å². The van der Waals surface area contributed by atoms with Gasteiger partial charge in [0.1, 0.15) is 0 Å². The maximum absolute atomic E-state index is 10.4. The molecule has 0 fully saturated rings. The van der Waals surface area contributed by atoms with E-state index in [4.69, 9.17) is 4.74 Å². The van der Waals surface area contributed by atoms with E-state index in [0.717, 1.165) is 0 Å². The molecule has 0 bridgehead atoms. The number of allylic oxidation sites excluding steroid dienone is 1. The van der Waals surface area contributed by atoms with Crippen molar-refractivity contribution in [2.24, 2.45) is 0 Å². The lowest BCUT2D eigenvalue weighted by atomic mass is 10.1. The lowest BCUT2D eigenvalue weighted by Gasteiger charge is -2.11. The Morgan fingerprint density at radius 2 is 2.36 bits per heavy atom. The van der Waals surface area contributed by atoms with E-state index in [0.29, 0.717) is 11.3 Å². The molecule has 62 valence electrons. The van der Waals surface area contributed by atoms with Gasteiger partial charge in [-0.1, -0.05) is 12.2 Å². The average molecular weight is 174 g/mol. The summed E-state index contributed by atoms with van der Waals surface area (Å²) >= 11 is 0. The van der Waals surface area contributed by atoms with Crippen molar-refractivity contribution < 1.29 is 13.2 Å². The van der Waals surface area contributed by atoms with Gasteiger partial charge in [0.05, 0.1) is 11.0 Å². The minimum absolute atomic E-state index is 0.0358. The molecule has 0 amide bonds. The van der Waals surface area contributed by atoms with Crippen molar-refractivity contribution in [3.63, 3.8) is 0 Å². The van der Waals surface area contributed by atoms with Crippen LogP contribution in [0.5, 0.6) is 0 Å². The standard InChI is InChI=1S/C7H10O3S/c1-10-6-2-4-7(5-3-6)11(8)9/h2,4-6,11H,3H2,1H3. The van der Waals surface area contributed by atoms with Crippen LogP contribution in [0.3, 0.4) is 0 Å². The van der Waals surface area contributed by atoms with Crippen LogP contribution in [0.25, 0.3) is 0 Å². The van der Waals surface area contributed by atoms with Gasteiger partial charge >= 0.3 is 0 Å². The summed E-state index contributed by atoms with van der Waals surface area (Å²) in [4.78, 5) is 0.383. The van der Waals surface area contributed by atoms with Crippen LogP contribution in [0.15, 0.2) is 23.1 Å².